The molecule has 2 fully saturated rings. The predicted molar refractivity (Wildman–Crippen MR) is 98.3 cm³/mol. The summed E-state index contributed by atoms with van der Waals surface area (Å²) in [5, 5.41) is 6.45. The third-order valence-electron chi connectivity index (χ3n) is 5.26. The van der Waals surface area contributed by atoms with Gasteiger partial charge >= 0.3 is 0 Å². The van der Waals surface area contributed by atoms with Crippen molar-refractivity contribution in [1.29, 1.82) is 0 Å². The molecule has 3 rings (SSSR count). The van der Waals surface area contributed by atoms with Gasteiger partial charge in [0.05, 0.1) is 6.04 Å². The van der Waals surface area contributed by atoms with E-state index in [1.807, 2.05) is 0 Å². The molecule has 0 radical (unpaired) electrons. The van der Waals surface area contributed by atoms with E-state index in [1.54, 1.807) is 0 Å². The van der Waals surface area contributed by atoms with Crippen LogP contribution in [0.1, 0.15) is 26.2 Å². The zero-order chi connectivity index (χ0) is 16.8. The largest absolute Gasteiger partial charge is 0.369 e. The minimum atomic E-state index is 0.0147. The Morgan fingerprint density at radius 2 is 1.96 bits per heavy atom. The summed E-state index contributed by atoms with van der Waals surface area (Å²) in [6.07, 6.45) is 3.31. The Kier molecular flexibility index (Phi) is 6.10. The Bertz CT molecular complexity index is 507. The number of benzene rings is 1. The van der Waals surface area contributed by atoms with Gasteiger partial charge in [-0.25, -0.2) is 0 Å². The number of nitrogens with one attached hydrogen (secondary N) is 2. The number of piperidine rings is 1. The SMILES string of the molecule is CC(CNC(=O)C1CCCCN1)N1CCN(c2ccccc2)CC1. The molecule has 2 saturated heterocycles. The number of para-hydroxylation sites is 1. The van der Waals surface area contributed by atoms with Crippen molar-refractivity contribution in [3.63, 3.8) is 0 Å². The number of rotatable bonds is 5. The Labute approximate surface area is 145 Å². The molecule has 5 heteroatoms. The Morgan fingerprint density at radius 1 is 1.21 bits per heavy atom. The molecule has 0 bridgehead atoms. The van der Waals surface area contributed by atoms with Gasteiger partial charge in [-0.3, -0.25) is 9.69 Å². The first kappa shape index (κ1) is 17.2. The lowest BCUT2D eigenvalue weighted by Gasteiger charge is -2.39. The van der Waals surface area contributed by atoms with Gasteiger partial charge in [-0.2, -0.15) is 0 Å². The summed E-state index contributed by atoms with van der Waals surface area (Å²) < 4.78 is 0. The van der Waals surface area contributed by atoms with Gasteiger partial charge in [0.15, 0.2) is 0 Å². The Balaban J connectivity index is 1.40. The van der Waals surface area contributed by atoms with Gasteiger partial charge < -0.3 is 15.5 Å². The highest BCUT2D eigenvalue weighted by Gasteiger charge is 2.24. The van der Waals surface area contributed by atoms with Crippen LogP contribution in [0.15, 0.2) is 30.3 Å². The topological polar surface area (TPSA) is 47.6 Å². The lowest BCUT2D eigenvalue weighted by molar-refractivity contribution is -0.123. The van der Waals surface area contributed by atoms with E-state index in [1.165, 1.54) is 12.1 Å². The smallest absolute Gasteiger partial charge is 0.237 e. The van der Waals surface area contributed by atoms with Crippen molar-refractivity contribution in [3.8, 4) is 0 Å². The fraction of sp³-hybridized carbons (Fsp3) is 0.632. The van der Waals surface area contributed by atoms with E-state index in [0.717, 1.165) is 52.1 Å². The van der Waals surface area contributed by atoms with E-state index >= 15 is 0 Å². The second kappa shape index (κ2) is 8.49. The molecule has 2 aliphatic heterocycles. The maximum absolute atomic E-state index is 12.2. The maximum atomic E-state index is 12.2. The van der Waals surface area contributed by atoms with Crippen LogP contribution in [0.3, 0.4) is 0 Å². The lowest BCUT2D eigenvalue weighted by atomic mass is 10.0. The fourth-order valence-corrected chi connectivity index (χ4v) is 3.64. The van der Waals surface area contributed by atoms with Crippen molar-refractivity contribution in [2.24, 2.45) is 0 Å². The standard InChI is InChI=1S/C19H30N4O/c1-16(15-21-19(24)18-9-5-6-10-20-18)22-11-13-23(14-12-22)17-7-3-2-4-8-17/h2-4,7-8,16,18,20H,5-6,9-15H2,1H3,(H,21,24). The molecule has 0 spiro atoms. The van der Waals surface area contributed by atoms with Gasteiger partial charge in [0.2, 0.25) is 5.91 Å². The van der Waals surface area contributed by atoms with Gasteiger partial charge in [0.25, 0.3) is 0 Å². The van der Waals surface area contributed by atoms with Crippen LogP contribution < -0.4 is 15.5 Å². The zero-order valence-electron chi connectivity index (χ0n) is 14.7. The molecule has 5 nitrogen and oxygen atoms in total. The van der Waals surface area contributed by atoms with E-state index in [-0.39, 0.29) is 11.9 Å². The number of carbonyl (C=O) groups excluding carboxylic acids is 1. The van der Waals surface area contributed by atoms with E-state index in [0.29, 0.717) is 6.04 Å². The van der Waals surface area contributed by atoms with Gasteiger partial charge in [0.1, 0.15) is 0 Å². The summed E-state index contributed by atoms with van der Waals surface area (Å²) in [6, 6.07) is 11.0. The number of hydrogen-bond donors (Lipinski definition) is 2. The molecule has 132 valence electrons. The van der Waals surface area contributed by atoms with Crippen molar-refractivity contribution in [2.45, 2.75) is 38.3 Å². The van der Waals surface area contributed by atoms with Crippen LogP contribution in [-0.2, 0) is 4.79 Å². The molecule has 0 aromatic heterocycles. The average Bonchev–Trinajstić information content (AvgIpc) is 2.67. The van der Waals surface area contributed by atoms with Gasteiger partial charge in [-0.1, -0.05) is 24.6 Å². The van der Waals surface area contributed by atoms with Gasteiger partial charge in [-0.15, -0.1) is 0 Å². The summed E-state index contributed by atoms with van der Waals surface area (Å²) in [4.78, 5) is 17.1. The first-order valence-electron chi connectivity index (χ1n) is 9.29. The second-order valence-corrected chi connectivity index (χ2v) is 6.96. The maximum Gasteiger partial charge on any atom is 0.237 e. The molecule has 2 aliphatic rings. The third-order valence-corrected chi connectivity index (χ3v) is 5.26. The molecule has 1 aromatic rings. The summed E-state index contributed by atoms with van der Waals surface area (Å²) in [5.41, 5.74) is 1.31. The van der Waals surface area contributed by atoms with Gasteiger partial charge in [-0.05, 0) is 38.4 Å². The second-order valence-electron chi connectivity index (χ2n) is 6.96. The van der Waals surface area contributed by atoms with Crippen LogP contribution in [0.5, 0.6) is 0 Å². The highest BCUT2D eigenvalue weighted by atomic mass is 16.2. The summed E-state index contributed by atoms with van der Waals surface area (Å²) in [6.45, 7) is 8.12. The van der Waals surface area contributed by atoms with Crippen LogP contribution in [0.2, 0.25) is 0 Å². The highest BCUT2D eigenvalue weighted by Crippen LogP contribution is 2.16. The normalized spacial score (nSPS) is 23.7. The van der Waals surface area contributed by atoms with E-state index in [9.17, 15) is 4.79 Å². The Morgan fingerprint density at radius 3 is 2.62 bits per heavy atom. The van der Waals surface area contributed by atoms with Crippen molar-refractivity contribution in [2.75, 3.05) is 44.2 Å². The van der Waals surface area contributed by atoms with Crippen LogP contribution in [0.4, 0.5) is 5.69 Å². The highest BCUT2D eigenvalue weighted by molar-refractivity contribution is 5.81. The van der Waals surface area contributed by atoms with E-state index in [4.69, 9.17) is 0 Å². The lowest BCUT2D eigenvalue weighted by Crippen LogP contribution is -2.54. The summed E-state index contributed by atoms with van der Waals surface area (Å²) >= 11 is 0. The van der Waals surface area contributed by atoms with Crippen molar-refractivity contribution < 1.29 is 4.79 Å². The van der Waals surface area contributed by atoms with Crippen LogP contribution in [-0.4, -0.2) is 62.2 Å². The van der Waals surface area contributed by atoms with Crippen molar-refractivity contribution >= 4 is 11.6 Å². The molecule has 24 heavy (non-hydrogen) atoms. The summed E-state index contributed by atoms with van der Waals surface area (Å²) in [5.74, 6) is 0.171. The molecular weight excluding hydrogens is 300 g/mol. The number of anilines is 1. The van der Waals surface area contributed by atoms with Crippen LogP contribution >= 0.6 is 0 Å². The van der Waals surface area contributed by atoms with Crippen molar-refractivity contribution in [1.82, 2.24) is 15.5 Å². The average molecular weight is 330 g/mol. The third kappa shape index (κ3) is 4.48. The van der Waals surface area contributed by atoms with Crippen molar-refractivity contribution in [3.05, 3.63) is 30.3 Å². The molecule has 2 atom stereocenters. The van der Waals surface area contributed by atoms with E-state index < -0.39 is 0 Å². The molecule has 0 saturated carbocycles. The predicted octanol–water partition coefficient (Wildman–Crippen LogP) is 1.46. The molecule has 2 unspecified atom stereocenters. The zero-order valence-corrected chi connectivity index (χ0v) is 14.7. The minimum Gasteiger partial charge on any atom is -0.369 e. The molecule has 2 N–H and O–H groups in total. The Hall–Kier alpha value is -1.59. The number of piperazine rings is 1. The molecule has 0 aliphatic carbocycles. The van der Waals surface area contributed by atoms with Crippen LogP contribution in [0.25, 0.3) is 0 Å². The first-order chi connectivity index (χ1) is 11.7. The minimum absolute atomic E-state index is 0.0147. The molecule has 1 amide bonds. The molecule has 2 heterocycles. The van der Waals surface area contributed by atoms with Gasteiger partial charge in [0, 0.05) is 44.5 Å². The first-order valence-corrected chi connectivity index (χ1v) is 9.29. The fourth-order valence-electron chi connectivity index (χ4n) is 3.64. The monoisotopic (exact) mass is 330 g/mol. The molecule has 1 aromatic carbocycles. The van der Waals surface area contributed by atoms with Crippen LogP contribution in [0, 0.1) is 0 Å². The molecular formula is C19H30N4O. The number of hydrogen-bond acceptors (Lipinski definition) is 4. The number of nitrogens with zero attached hydrogens (tertiary/aromatic N) is 2. The van der Waals surface area contributed by atoms with E-state index in [2.05, 4.69) is 57.7 Å². The number of amides is 1. The quantitative estimate of drug-likeness (QED) is 0.858. The summed E-state index contributed by atoms with van der Waals surface area (Å²) in [7, 11) is 0. The number of carbonyl (C=O) groups is 1.